The second-order valence-electron chi connectivity index (χ2n) is 4.86. The largest absolute Gasteiger partial charge is 0.480 e. The maximum absolute atomic E-state index is 11.1. The summed E-state index contributed by atoms with van der Waals surface area (Å²) in [6, 6.07) is -0.378. The number of carboxylic acid groups (broad SMARTS) is 1. The third-order valence-electron chi connectivity index (χ3n) is 3.43. The van der Waals surface area contributed by atoms with Gasteiger partial charge in [-0.25, -0.2) is 0 Å². The molecule has 1 heterocycles. The van der Waals surface area contributed by atoms with Crippen molar-refractivity contribution in [3.05, 3.63) is 0 Å². The first-order chi connectivity index (χ1) is 8.56. The van der Waals surface area contributed by atoms with E-state index in [-0.39, 0.29) is 12.0 Å². The average molecular weight is 258 g/mol. The van der Waals surface area contributed by atoms with Crippen LogP contribution in [0.3, 0.4) is 0 Å². The lowest BCUT2D eigenvalue weighted by molar-refractivity contribution is -0.140. The van der Waals surface area contributed by atoms with Crippen LogP contribution >= 0.6 is 0 Å². The highest BCUT2D eigenvalue weighted by molar-refractivity contribution is 6.40. The van der Waals surface area contributed by atoms with Crippen LogP contribution in [-0.4, -0.2) is 53.4 Å². The molecule has 0 bridgehead atoms. The topological polar surface area (TPSA) is 102 Å². The molecule has 3 atom stereocenters. The molecule has 0 saturated carbocycles. The molecular formula is C11H23BN2O4. The summed E-state index contributed by atoms with van der Waals surface area (Å²) in [7, 11) is -1.30. The molecule has 0 amide bonds. The summed E-state index contributed by atoms with van der Waals surface area (Å²) >= 11 is 0. The predicted octanol–water partition coefficient (Wildman–Crippen LogP) is -0.720. The molecule has 0 aromatic rings. The Morgan fingerprint density at radius 1 is 1.50 bits per heavy atom. The highest BCUT2D eigenvalue weighted by Gasteiger charge is 2.39. The van der Waals surface area contributed by atoms with Gasteiger partial charge in [0.2, 0.25) is 0 Å². The summed E-state index contributed by atoms with van der Waals surface area (Å²) in [4.78, 5) is 11.1. The third kappa shape index (κ3) is 4.57. The van der Waals surface area contributed by atoms with Crippen LogP contribution in [0.2, 0.25) is 6.32 Å². The van der Waals surface area contributed by atoms with E-state index in [1.54, 1.807) is 0 Å². The zero-order chi connectivity index (χ0) is 13.5. The molecule has 0 spiro atoms. The number of aliphatic carboxylic acids is 1. The third-order valence-corrected chi connectivity index (χ3v) is 3.43. The Hall–Kier alpha value is -0.625. The Balaban J connectivity index is 2.49. The number of hydrogen-bond acceptors (Lipinski definition) is 5. The maximum atomic E-state index is 11.1. The van der Waals surface area contributed by atoms with Crippen LogP contribution in [0.1, 0.15) is 26.2 Å². The average Bonchev–Trinajstić information content (AvgIpc) is 2.69. The van der Waals surface area contributed by atoms with Gasteiger partial charge in [0.05, 0.1) is 0 Å². The Morgan fingerprint density at radius 2 is 2.22 bits per heavy atom. The quantitative estimate of drug-likeness (QED) is 0.368. The summed E-state index contributed by atoms with van der Waals surface area (Å²) in [5, 5.41) is 33.1. The second kappa shape index (κ2) is 7.73. The van der Waals surface area contributed by atoms with E-state index in [2.05, 4.69) is 17.6 Å². The molecule has 1 saturated heterocycles. The molecule has 5 N–H and O–H groups in total. The van der Waals surface area contributed by atoms with E-state index < -0.39 is 19.1 Å². The van der Waals surface area contributed by atoms with Gasteiger partial charge >= 0.3 is 13.1 Å². The Labute approximate surface area is 108 Å². The summed E-state index contributed by atoms with van der Waals surface area (Å²) in [6.07, 6.45) is 2.61. The van der Waals surface area contributed by atoms with Gasteiger partial charge in [-0.05, 0) is 25.7 Å². The predicted molar refractivity (Wildman–Crippen MR) is 69.2 cm³/mol. The standard InChI is InChI=1S/C11H23BN2O4/c1-2-6-13-9-7-14-10(11(15)16)8(9)4-3-5-12(17)18/h8-10,13-14,17-18H,2-7H2,1H3,(H,15,16). The van der Waals surface area contributed by atoms with E-state index in [1.165, 1.54) is 0 Å². The van der Waals surface area contributed by atoms with Crippen molar-refractivity contribution in [1.29, 1.82) is 0 Å². The SMILES string of the molecule is CCCNC1CNC(C(=O)O)C1CCCB(O)O. The summed E-state index contributed by atoms with van der Waals surface area (Å²) in [5.41, 5.74) is 0. The fraction of sp³-hybridized carbons (Fsp3) is 0.909. The minimum absolute atomic E-state index is 0.00722. The number of carboxylic acids is 1. The molecule has 1 rings (SSSR count). The highest BCUT2D eigenvalue weighted by atomic mass is 16.4. The number of rotatable bonds is 8. The smallest absolute Gasteiger partial charge is 0.451 e. The molecule has 3 unspecified atom stereocenters. The van der Waals surface area contributed by atoms with E-state index in [1.807, 2.05) is 0 Å². The first-order valence-electron chi connectivity index (χ1n) is 6.62. The molecule has 104 valence electrons. The van der Waals surface area contributed by atoms with Crippen molar-refractivity contribution in [2.45, 2.75) is 44.6 Å². The first-order valence-corrected chi connectivity index (χ1v) is 6.62. The van der Waals surface area contributed by atoms with Gasteiger partial charge in [0.15, 0.2) is 0 Å². The van der Waals surface area contributed by atoms with Gasteiger partial charge in [0.25, 0.3) is 0 Å². The molecule has 0 aromatic heterocycles. The van der Waals surface area contributed by atoms with Crippen molar-refractivity contribution in [3.63, 3.8) is 0 Å². The van der Waals surface area contributed by atoms with Crippen molar-refractivity contribution >= 4 is 13.1 Å². The fourth-order valence-electron chi connectivity index (χ4n) is 2.52. The van der Waals surface area contributed by atoms with Crippen LogP contribution < -0.4 is 10.6 Å². The first kappa shape index (κ1) is 15.4. The van der Waals surface area contributed by atoms with Crippen LogP contribution in [-0.2, 0) is 4.79 Å². The Morgan fingerprint density at radius 3 is 2.78 bits per heavy atom. The molecule has 0 aliphatic carbocycles. The fourth-order valence-corrected chi connectivity index (χ4v) is 2.52. The van der Waals surface area contributed by atoms with Gasteiger partial charge in [-0.3, -0.25) is 4.79 Å². The molecule has 0 aromatic carbocycles. The molecule has 0 radical (unpaired) electrons. The van der Waals surface area contributed by atoms with Gasteiger partial charge in [-0.2, -0.15) is 0 Å². The molecule has 6 nitrogen and oxygen atoms in total. The Bertz CT molecular complexity index is 265. The van der Waals surface area contributed by atoms with E-state index in [0.29, 0.717) is 25.7 Å². The summed E-state index contributed by atoms with van der Waals surface area (Å²) < 4.78 is 0. The van der Waals surface area contributed by atoms with Crippen molar-refractivity contribution in [2.75, 3.05) is 13.1 Å². The van der Waals surface area contributed by atoms with E-state index >= 15 is 0 Å². The van der Waals surface area contributed by atoms with Gasteiger partial charge in [0.1, 0.15) is 6.04 Å². The second-order valence-corrected chi connectivity index (χ2v) is 4.86. The molecule has 18 heavy (non-hydrogen) atoms. The number of nitrogens with one attached hydrogen (secondary N) is 2. The van der Waals surface area contributed by atoms with Crippen molar-refractivity contribution < 1.29 is 19.9 Å². The van der Waals surface area contributed by atoms with Crippen molar-refractivity contribution in [1.82, 2.24) is 10.6 Å². The number of hydrogen-bond donors (Lipinski definition) is 5. The Kier molecular flexibility index (Phi) is 6.63. The van der Waals surface area contributed by atoms with Crippen LogP contribution in [0.25, 0.3) is 0 Å². The molecule has 1 aliphatic heterocycles. The molecule has 1 aliphatic rings. The van der Waals surface area contributed by atoms with Crippen molar-refractivity contribution in [3.8, 4) is 0 Å². The van der Waals surface area contributed by atoms with Gasteiger partial charge in [0, 0.05) is 18.5 Å². The van der Waals surface area contributed by atoms with Crippen LogP contribution in [0.5, 0.6) is 0 Å². The van der Waals surface area contributed by atoms with Gasteiger partial charge < -0.3 is 25.8 Å². The lowest BCUT2D eigenvalue weighted by Gasteiger charge is -2.22. The zero-order valence-corrected chi connectivity index (χ0v) is 10.8. The summed E-state index contributed by atoms with van der Waals surface area (Å²) in [5.74, 6) is -0.821. The number of carbonyl (C=O) groups is 1. The lowest BCUT2D eigenvalue weighted by atomic mass is 9.80. The van der Waals surface area contributed by atoms with E-state index in [0.717, 1.165) is 13.0 Å². The van der Waals surface area contributed by atoms with Crippen LogP contribution in [0, 0.1) is 5.92 Å². The van der Waals surface area contributed by atoms with E-state index in [4.69, 9.17) is 15.2 Å². The lowest BCUT2D eigenvalue weighted by Crippen LogP contribution is -2.40. The minimum atomic E-state index is -1.30. The normalized spacial score (nSPS) is 27.4. The van der Waals surface area contributed by atoms with Crippen LogP contribution in [0.15, 0.2) is 0 Å². The van der Waals surface area contributed by atoms with Crippen LogP contribution in [0.4, 0.5) is 0 Å². The molecular weight excluding hydrogens is 235 g/mol. The monoisotopic (exact) mass is 258 g/mol. The molecule has 7 heteroatoms. The highest BCUT2D eigenvalue weighted by Crippen LogP contribution is 2.23. The minimum Gasteiger partial charge on any atom is -0.480 e. The van der Waals surface area contributed by atoms with Crippen molar-refractivity contribution in [2.24, 2.45) is 5.92 Å². The van der Waals surface area contributed by atoms with Gasteiger partial charge in [-0.15, -0.1) is 0 Å². The summed E-state index contributed by atoms with van der Waals surface area (Å²) in [6.45, 7) is 3.60. The zero-order valence-electron chi connectivity index (χ0n) is 10.8. The maximum Gasteiger partial charge on any atom is 0.451 e. The van der Waals surface area contributed by atoms with E-state index in [9.17, 15) is 4.79 Å². The van der Waals surface area contributed by atoms with Gasteiger partial charge in [-0.1, -0.05) is 13.3 Å². The molecule has 1 fully saturated rings.